The minimum Gasteiger partial charge on any atom is -0.453 e. The first-order chi connectivity index (χ1) is 21.2. The molecule has 5 rings (SSSR count). The number of sulfonamides is 1. The summed E-state index contributed by atoms with van der Waals surface area (Å²) < 4.78 is 53.3. The topological polar surface area (TPSA) is 126 Å². The van der Waals surface area contributed by atoms with E-state index in [1.165, 1.54) is 13.2 Å². The molecule has 44 heavy (non-hydrogen) atoms. The summed E-state index contributed by atoms with van der Waals surface area (Å²) in [5.74, 6) is -1.58. The zero-order chi connectivity index (χ0) is 31.3. The Bertz CT molecular complexity index is 1420. The highest BCUT2D eigenvalue weighted by molar-refractivity contribution is 7.89. The molecule has 1 unspecified atom stereocenters. The molecule has 5 atom stereocenters. The highest BCUT2D eigenvalue weighted by atomic mass is 35.5. The van der Waals surface area contributed by atoms with Gasteiger partial charge in [0.2, 0.25) is 15.9 Å². The molecule has 3 N–H and O–H groups in total. The second-order valence-corrected chi connectivity index (χ2v) is 14.2. The Labute approximate surface area is 263 Å². The van der Waals surface area contributed by atoms with Crippen LogP contribution < -0.4 is 16.0 Å². The molecule has 10 nitrogen and oxygen atoms in total. The predicted molar refractivity (Wildman–Crippen MR) is 166 cm³/mol. The molecule has 2 aromatic carbocycles. The van der Waals surface area contributed by atoms with Gasteiger partial charge < -0.3 is 25.4 Å². The zero-order valence-corrected chi connectivity index (χ0v) is 26.3. The Hall–Kier alpha value is -2.77. The number of alkyl carbamates (subject to hydrolysis) is 1. The van der Waals surface area contributed by atoms with E-state index in [1.807, 2.05) is 12.1 Å². The van der Waals surface area contributed by atoms with Gasteiger partial charge in [0, 0.05) is 49.3 Å². The third-order valence-corrected chi connectivity index (χ3v) is 11.2. The first kappa shape index (κ1) is 32.6. The average Bonchev–Trinajstić information content (AvgIpc) is 3.13. The van der Waals surface area contributed by atoms with Gasteiger partial charge in [-0.1, -0.05) is 35.9 Å². The van der Waals surface area contributed by atoms with Crippen LogP contribution in [0, 0.1) is 11.7 Å². The largest absolute Gasteiger partial charge is 0.453 e. The van der Waals surface area contributed by atoms with E-state index >= 15 is 4.39 Å². The molecule has 0 spiro atoms. The van der Waals surface area contributed by atoms with E-state index in [1.54, 1.807) is 28.6 Å². The number of amides is 2. The maximum absolute atomic E-state index is 15.4. The van der Waals surface area contributed by atoms with Crippen LogP contribution in [0.15, 0.2) is 42.5 Å². The first-order valence-corrected chi connectivity index (χ1v) is 17.1. The van der Waals surface area contributed by atoms with E-state index in [-0.39, 0.29) is 29.4 Å². The van der Waals surface area contributed by atoms with Crippen LogP contribution in [0.25, 0.3) is 0 Å². The number of ether oxygens (including phenoxy) is 2. The molecule has 0 saturated carbocycles. The summed E-state index contributed by atoms with van der Waals surface area (Å²) in [6.45, 7) is 1.98. The molecule has 2 aromatic rings. The molecule has 2 bridgehead atoms. The second kappa shape index (κ2) is 14.6. The molecular weight excluding hydrogens is 611 g/mol. The number of nitrogens with zero attached hydrogens (tertiary/aromatic N) is 1. The number of methoxy groups -OCH3 is 1. The van der Waals surface area contributed by atoms with Crippen molar-refractivity contribution >= 4 is 39.3 Å². The Morgan fingerprint density at radius 2 is 1.91 bits per heavy atom. The van der Waals surface area contributed by atoms with Crippen molar-refractivity contribution in [1.82, 2.24) is 14.9 Å². The number of para-hydroxylation sites is 1. The van der Waals surface area contributed by atoms with Gasteiger partial charge in [-0.05, 0) is 73.8 Å². The second-order valence-electron chi connectivity index (χ2n) is 11.7. The van der Waals surface area contributed by atoms with Gasteiger partial charge in [-0.3, -0.25) is 4.79 Å². The number of hydrogen-bond donors (Lipinski definition) is 3. The summed E-state index contributed by atoms with van der Waals surface area (Å²) in [5, 5.41) is 9.48. The number of benzene rings is 2. The number of halogens is 2. The van der Waals surface area contributed by atoms with Crippen LogP contribution in [0.1, 0.15) is 49.1 Å². The standard InChI is InChI=1S/C31H40ClFN4O6S/c1-42-31(39)36-29(27(21-13-15-43-16-14-21)20-7-10-23(32)11-8-20)30(38)35-28-22(4-2-6-26(28)33)9-12-25-18-34-24-5-3-17-44(40,41)37(25)19-24/h2,4,6-8,10-11,21,24-25,27,29,34H,3,5,9,12-19H2,1H3,(H,35,38)(H,36,39)/t24-,25+,27+,29+/m1/s1. The van der Waals surface area contributed by atoms with E-state index in [0.29, 0.717) is 69.0 Å². The number of hydrogen-bond acceptors (Lipinski definition) is 7. The molecule has 3 saturated heterocycles. The Morgan fingerprint density at radius 3 is 2.64 bits per heavy atom. The van der Waals surface area contributed by atoms with E-state index in [9.17, 15) is 18.0 Å². The predicted octanol–water partition coefficient (Wildman–Crippen LogP) is 4.05. The first-order valence-electron chi connectivity index (χ1n) is 15.1. The van der Waals surface area contributed by atoms with Gasteiger partial charge in [0.05, 0.1) is 18.6 Å². The van der Waals surface area contributed by atoms with Gasteiger partial charge in [-0.25, -0.2) is 17.6 Å². The third kappa shape index (κ3) is 7.71. The van der Waals surface area contributed by atoms with Crippen LogP contribution in [0.4, 0.5) is 14.9 Å². The van der Waals surface area contributed by atoms with E-state index in [4.69, 9.17) is 21.1 Å². The normalized spacial score (nSPS) is 24.8. The molecule has 3 aliphatic rings. The SMILES string of the molecule is COC(=O)N[C@H](C(=O)Nc1c(F)cccc1CC[C@H]1CN[C@@H]2CCCS(=O)(=O)N1C2)[C@@H](c1ccc(Cl)cc1)C1CCOCC1. The van der Waals surface area contributed by atoms with Crippen molar-refractivity contribution in [2.75, 3.05) is 44.5 Å². The molecule has 0 aliphatic carbocycles. The van der Waals surface area contributed by atoms with Crippen LogP contribution >= 0.6 is 11.6 Å². The average molecular weight is 651 g/mol. The van der Waals surface area contributed by atoms with Crippen LogP contribution in [0.5, 0.6) is 0 Å². The molecule has 2 amide bonds. The van der Waals surface area contributed by atoms with Crippen molar-refractivity contribution < 1.29 is 31.9 Å². The number of fused-ring (bicyclic) bond motifs is 2. The Morgan fingerprint density at radius 1 is 1.16 bits per heavy atom. The lowest BCUT2D eigenvalue weighted by molar-refractivity contribution is -0.119. The quantitative estimate of drug-likeness (QED) is 0.374. The lowest BCUT2D eigenvalue weighted by Gasteiger charge is -2.37. The number of piperazine rings is 1. The van der Waals surface area contributed by atoms with Gasteiger partial charge in [0.25, 0.3) is 0 Å². The lowest BCUT2D eigenvalue weighted by Crippen LogP contribution is -2.57. The monoisotopic (exact) mass is 650 g/mol. The number of rotatable bonds is 9. The fourth-order valence-corrected chi connectivity index (χ4v) is 8.62. The van der Waals surface area contributed by atoms with Crippen LogP contribution in [0.2, 0.25) is 5.02 Å². The molecule has 13 heteroatoms. The van der Waals surface area contributed by atoms with Gasteiger partial charge in [0.1, 0.15) is 11.9 Å². The zero-order valence-electron chi connectivity index (χ0n) is 24.8. The van der Waals surface area contributed by atoms with Gasteiger partial charge >= 0.3 is 6.09 Å². The summed E-state index contributed by atoms with van der Waals surface area (Å²) in [7, 11) is -2.16. The summed E-state index contributed by atoms with van der Waals surface area (Å²) in [4.78, 5) is 26.6. The summed E-state index contributed by atoms with van der Waals surface area (Å²) >= 11 is 6.16. The summed E-state index contributed by atoms with van der Waals surface area (Å²) in [6, 6.07) is 10.5. The maximum atomic E-state index is 15.4. The van der Waals surface area contributed by atoms with Crippen molar-refractivity contribution in [3.05, 3.63) is 64.4 Å². The maximum Gasteiger partial charge on any atom is 0.407 e. The van der Waals surface area contributed by atoms with E-state index < -0.39 is 39.8 Å². The molecule has 0 aromatic heterocycles. The third-order valence-electron chi connectivity index (χ3n) is 8.99. The van der Waals surface area contributed by atoms with E-state index in [2.05, 4.69) is 16.0 Å². The molecule has 3 aliphatic heterocycles. The molecular formula is C31H40ClFN4O6S. The van der Waals surface area contributed by atoms with Crippen LogP contribution in [0.3, 0.4) is 0 Å². The number of carbonyl (C=O) groups is 2. The van der Waals surface area contributed by atoms with Crippen molar-refractivity contribution in [3.8, 4) is 0 Å². The summed E-state index contributed by atoms with van der Waals surface area (Å²) in [5.41, 5.74) is 1.35. The van der Waals surface area contributed by atoms with Gasteiger partial charge in [-0.15, -0.1) is 0 Å². The minimum atomic E-state index is -3.38. The van der Waals surface area contributed by atoms with Crippen LogP contribution in [-0.2, 0) is 30.7 Å². The number of anilines is 1. The highest BCUT2D eigenvalue weighted by Gasteiger charge is 2.39. The van der Waals surface area contributed by atoms with Crippen molar-refractivity contribution in [3.63, 3.8) is 0 Å². The molecule has 0 radical (unpaired) electrons. The Balaban J connectivity index is 1.40. The van der Waals surface area contributed by atoms with Crippen LogP contribution in [-0.4, -0.2) is 82.0 Å². The number of carbonyl (C=O) groups excluding carboxylic acids is 2. The smallest absolute Gasteiger partial charge is 0.407 e. The minimum absolute atomic E-state index is 0.0105. The highest BCUT2D eigenvalue weighted by Crippen LogP contribution is 2.36. The molecule has 3 fully saturated rings. The van der Waals surface area contributed by atoms with Crippen molar-refractivity contribution in [2.45, 2.75) is 62.6 Å². The fraction of sp³-hybridized carbons (Fsp3) is 0.548. The van der Waals surface area contributed by atoms with Gasteiger partial charge in [-0.2, -0.15) is 4.31 Å². The summed E-state index contributed by atoms with van der Waals surface area (Å²) in [6.07, 6.45) is 2.77. The Kier molecular flexibility index (Phi) is 10.8. The molecule has 240 valence electrons. The number of nitrogens with one attached hydrogen (secondary N) is 3. The van der Waals surface area contributed by atoms with Gasteiger partial charge in [0.15, 0.2) is 0 Å². The van der Waals surface area contributed by atoms with E-state index in [0.717, 1.165) is 12.0 Å². The fourth-order valence-electron chi connectivity index (χ4n) is 6.69. The van der Waals surface area contributed by atoms with Crippen molar-refractivity contribution in [1.29, 1.82) is 0 Å². The number of aryl methyl sites for hydroxylation is 1. The van der Waals surface area contributed by atoms with Crippen molar-refractivity contribution in [2.24, 2.45) is 5.92 Å². The lowest BCUT2D eigenvalue weighted by atomic mass is 9.76. The molecule has 3 heterocycles.